The summed E-state index contributed by atoms with van der Waals surface area (Å²) in [5, 5.41) is 3.66. The molecule has 0 aliphatic rings. The van der Waals surface area contributed by atoms with Crippen LogP contribution in [0.15, 0.2) is 30.3 Å². The number of nitrogens with one attached hydrogen (secondary N) is 1. The maximum atomic E-state index is 3.66. The zero-order valence-corrected chi connectivity index (χ0v) is 10.4. The monoisotopic (exact) mass is 205 g/mol. The molecule has 1 N–H and O–H groups in total. The zero-order chi connectivity index (χ0) is 11.3. The van der Waals surface area contributed by atoms with Crippen molar-refractivity contribution in [3.05, 3.63) is 35.9 Å². The smallest absolute Gasteiger partial charge is 0.0429 e. The van der Waals surface area contributed by atoms with Gasteiger partial charge in [-0.25, -0.2) is 0 Å². The summed E-state index contributed by atoms with van der Waals surface area (Å²) in [6.07, 6.45) is 1.18. The van der Waals surface area contributed by atoms with Gasteiger partial charge < -0.3 is 5.32 Å². The fraction of sp³-hybridized carbons (Fsp3) is 0.571. The predicted molar refractivity (Wildman–Crippen MR) is 66.9 cm³/mol. The highest BCUT2D eigenvalue weighted by molar-refractivity contribution is 5.24. The van der Waals surface area contributed by atoms with Gasteiger partial charge in [-0.1, -0.05) is 51.1 Å². The van der Waals surface area contributed by atoms with Crippen molar-refractivity contribution in [2.45, 2.75) is 39.7 Å². The Morgan fingerprint density at radius 2 is 1.80 bits per heavy atom. The lowest BCUT2D eigenvalue weighted by atomic mass is 9.81. The first-order chi connectivity index (χ1) is 7.11. The van der Waals surface area contributed by atoms with E-state index in [0.29, 0.717) is 5.92 Å². The molecule has 0 aromatic heterocycles. The Bertz CT molecular complexity index is 279. The predicted octanol–water partition coefficient (Wildman–Crippen LogP) is 3.56. The number of hydrogen-bond donors (Lipinski definition) is 1. The van der Waals surface area contributed by atoms with E-state index in [-0.39, 0.29) is 5.54 Å². The van der Waals surface area contributed by atoms with E-state index in [4.69, 9.17) is 0 Å². The van der Waals surface area contributed by atoms with Crippen molar-refractivity contribution < 1.29 is 0 Å². The van der Waals surface area contributed by atoms with Crippen molar-refractivity contribution in [3.63, 3.8) is 0 Å². The zero-order valence-electron chi connectivity index (χ0n) is 10.4. The molecule has 0 amide bonds. The molecule has 15 heavy (non-hydrogen) atoms. The van der Waals surface area contributed by atoms with Crippen LogP contribution >= 0.6 is 0 Å². The van der Waals surface area contributed by atoms with Crippen LogP contribution in [0.5, 0.6) is 0 Å². The highest BCUT2D eigenvalue weighted by Gasteiger charge is 2.28. The first-order valence-electron chi connectivity index (χ1n) is 5.91. The van der Waals surface area contributed by atoms with Gasteiger partial charge in [0, 0.05) is 5.54 Å². The van der Waals surface area contributed by atoms with Gasteiger partial charge in [0.1, 0.15) is 0 Å². The van der Waals surface area contributed by atoms with Gasteiger partial charge in [0.05, 0.1) is 0 Å². The van der Waals surface area contributed by atoms with Gasteiger partial charge in [0.15, 0.2) is 0 Å². The quantitative estimate of drug-likeness (QED) is 0.775. The summed E-state index contributed by atoms with van der Waals surface area (Å²) in [5.41, 5.74) is 1.48. The lowest BCUT2D eigenvalue weighted by molar-refractivity contribution is 0.266. The van der Waals surface area contributed by atoms with E-state index in [1.807, 2.05) is 0 Å². The first-order valence-corrected chi connectivity index (χ1v) is 5.91. The summed E-state index contributed by atoms with van der Waals surface area (Å²) in [6.45, 7) is 10.1. The third-order valence-electron chi connectivity index (χ3n) is 3.27. The van der Waals surface area contributed by atoms with Crippen LogP contribution in [0.3, 0.4) is 0 Å². The van der Waals surface area contributed by atoms with Crippen LogP contribution < -0.4 is 5.32 Å². The molecule has 1 atom stereocenters. The third kappa shape index (κ3) is 2.82. The van der Waals surface area contributed by atoms with Crippen molar-refractivity contribution in [1.82, 2.24) is 5.32 Å². The molecule has 0 saturated heterocycles. The number of benzene rings is 1. The first kappa shape index (κ1) is 12.3. The minimum atomic E-state index is 0.0945. The standard InChI is InChI=1S/C14H23N/c1-5-11-15-14(4,12(2)3)13-9-7-6-8-10-13/h6-10,12,15H,5,11H2,1-4H3. The second-order valence-corrected chi connectivity index (χ2v) is 4.65. The molecule has 0 aliphatic carbocycles. The summed E-state index contributed by atoms with van der Waals surface area (Å²) < 4.78 is 0. The molecule has 1 rings (SSSR count). The average molecular weight is 205 g/mol. The van der Waals surface area contributed by atoms with Crippen molar-refractivity contribution >= 4 is 0 Å². The van der Waals surface area contributed by atoms with E-state index < -0.39 is 0 Å². The average Bonchev–Trinajstić information content (AvgIpc) is 2.27. The van der Waals surface area contributed by atoms with E-state index in [9.17, 15) is 0 Å². The Labute approximate surface area is 93.9 Å². The van der Waals surface area contributed by atoms with Crippen LogP contribution in [-0.2, 0) is 5.54 Å². The van der Waals surface area contributed by atoms with Crippen molar-refractivity contribution in [3.8, 4) is 0 Å². The molecule has 0 spiro atoms. The maximum Gasteiger partial charge on any atom is 0.0429 e. The summed E-state index contributed by atoms with van der Waals surface area (Å²) in [5.74, 6) is 0.589. The molecule has 1 heteroatoms. The molecule has 1 nitrogen and oxygen atoms in total. The Morgan fingerprint density at radius 1 is 1.20 bits per heavy atom. The molecule has 0 radical (unpaired) electrons. The summed E-state index contributed by atoms with van der Waals surface area (Å²) in [4.78, 5) is 0. The van der Waals surface area contributed by atoms with E-state index >= 15 is 0 Å². The lowest BCUT2D eigenvalue weighted by Crippen LogP contribution is -2.44. The summed E-state index contributed by atoms with van der Waals surface area (Å²) in [7, 11) is 0. The molecular formula is C14H23N. The normalized spacial score (nSPS) is 15.3. The Hall–Kier alpha value is -0.820. The van der Waals surface area contributed by atoms with E-state index in [1.54, 1.807) is 0 Å². The maximum absolute atomic E-state index is 3.66. The fourth-order valence-corrected chi connectivity index (χ4v) is 1.81. The molecule has 0 aliphatic heterocycles. The fourth-order valence-electron chi connectivity index (χ4n) is 1.81. The van der Waals surface area contributed by atoms with Gasteiger partial charge in [-0.3, -0.25) is 0 Å². The highest BCUT2D eigenvalue weighted by Crippen LogP contribution is 2.28. The van der Waals surface area contributed by atoms with Crippen LogP contribution in [0, 0.1) is 5.92 Å². The Kier molecular flexibility index (Phi) is 4.34. The Balaban J connectivity index is 2.91. The van der Waals surface area contributed by atoms with E-state index in [2.05, 4.69) is 63.3 Å². The number of rotatable bonds is 5. The van der Waals surface area contributed by atoms with Crippen LogP contribution in [0.1, 0.15) is 39.7 Å². The molecular weight excluding hydrogens is 182 g/mol. The second kappa shape index (κ2) is 5.32. The molecule has 0 bridgehead atoms. The largest absolute Gasteiger partial charge is 0.307 e. The molecule has 1 unspecified atom stereocenters. The Morgan fingerprint density at radius 3 is 2.27 bits per heavy atom. The van der Waals surface area contributed by atoms with Crippen LogP contribution in [0.4, 0.5) is 0 Å². The molecule has 0 fully saturated rings. The summed E-state index contributed by atoms with van der Waals surface area (Å²) in [6, 6.07) is 10.7. The van der Waals surface area contributed by atoms with Crippen molar-refractivity contribution in [2.24, 2.45) is 5.92 Å². The van der Waals surface area contributed by atoms with Gasteiger partial charge in [0.25, 0.3) is 0 Å². The molecule has 84 valence electrons. The SMILES string of the molecule is CCCNC(C)(c1ccccc1)C(C)C. The van der Waals surface area contributed by atoms with Gasteiger partial charge in [-0.15, -0.1) is 0 Å². The highest BCUT2D eigenvalue weighted by atomic mass is 15.0. The van der Waals surface area contributed by atoms with Crippen LogP contribution in [-0.4, -0.2) is 6.54 Å². The van der Waals surface area contributed by atoms with Gasteiger partial charge in [-0.05, 0) is 31.4 Å². The van der Waals surface area contributed by atoms with E-state index in [0.717, 1.165) is 6.54 Å². The second-order valence-electron chi connectivity index (χ2n) is 4.65. The molecule has 1 aromatic carbocycles. The van der Waals surface area contributed by atoms with Gasteiger partial charge >= 0.3 is 0 Å². The molecule has 0 saturated carbocycles. The van der Waals surface area contributed by atoms with Gasteiger partial charge in [0.2, 0.25) is 0 Å². The third-order valence-corrected chi connectivity index (χ3v) is 3.27. The van der Waals surface area contributed by atoms with Crippen LogP contribution in [0.25, 0.3) is 0 Å². The summed E-state index contributed by atoms with van der Waals surface area (Å²) >= 11 is 0. The lowest BCUT2D eigenvalue weighted by Gasteiger charge is -2.35. The number of hydrogen-bond acceptors (Lipinski definition) is 1. The molecule has 1 aromatic rings. The minimum Gasteiger partial charge on any atom is -0.307 e. The topological polar surface area (TPSA) is 12.0 Å². The van der Waals surface area contributed by atoms with Gasteiger partial charge in [-0.2, -0.15) is 0 Å². The van der Waals surface area contributed by atoms with E-state index in [1.165, 1.54) is 12.0 Å². The molecule has 0 heterocycles. The minimum absolute atomic E-state index is 0.0945. The van der Waals surface area contributed by atoms with Crippen molar-refractivity contribution in [2.75, 3.05) is 6.54 Å². The van der Waals surface area contributed by atoms with Crippen LogP contribution in [0.2, 0.25) is 0 Å². The van der Waals surface area contributed by atoms with Crippen molar-refractivity contribution in [1.29, 1.82) is 0 Å².